The number of H-pyrrole nitrogens is 1. The zero-order valence-corrected chi connectivity index (χ0v) is 17.7. The van der Waals surface area contributed by atoms with Gasteiger partial charge in [-0.2, -0.15) is 5.26 Å². The van der Waals surface area contributed by atoms with Gasteiger partial charge in [0.05, 0.1) is 29.1 Å². The molecule has 0 fully saturated rings. The second-order valence-electron chi connectivity index (χ2n) is 8.06. The topological polar surface area (TPSA) is 111 Å². The molecule has 7 heteroatoms. The third-order valence-corrected chi connectivity index (χ3v) is 4.47. The molecule has 156 valence electrons. The number of benzene rings is 2. The van der Waals surface area contributed by atoms with Gasteiger partial charge in [-0.05, 0) is 42.0 Å². The molecule has 7 nitrogen and oxygen atoms in total. The maximum atomic E-state index is 12.5. The van der Waals surface area contributed by atoms with E-state index in [1.165, 1.54) is 0 Å². The highest BCUT2D eigenvalue weighted by Gasteiger charge is 2.22. The molecule has 0 spiro atoms. The molecule has 1 heterocycles. The van der Waals surface area contributed by atoms with Crippen LogP contribution in [0.25, 0.3) is 10.9 Å². The lowest BCUT2D eigenvalue weighted by Crippen LogP contribution is -2.29. The first-order valence-corrected chi connectivity index (χ1v) is 9.80. The van der Waals surface area contributed by atoms with Crippen LogP contribution >= 0.6 is 0 Å². The Morgan fingerprint density at radius 3 is 2.52 bits per heavy atom. The van der Waals surface area contributed by atoms with Crippen LogP contribution < -0.4 is 16.2 Å². The van der Waals surface area contributed by atoms with Crippen molar-refractivity contribution in [3.63, 3.8) is 0 Å². The van der Waals surface area contributed by atoms with Crippen molar-refractivity contribution in [2.24, 2.45) is 5.41 Å². The minimum Gasteiger partial charge on any atom is -0.302 e. The second kappa shape index (κ2) is 9.25. The predicted octanol–water partition coefficient (Wildman–Crippen LogP) is 2.92. The van der Waals surface area contributed by atoms with Crippen LogP contribution in [0.15, 0.2) is 47.3 Å². The van der Waals surface area contributed by atoms with Crippen molar-refractivity contribution in [3.05, 3.63) is 69.5 Å². The van der Waals surface area contributed by atoms with Gasteiger partial charge in [-0.3, -0.25) is 19.9 Å². The number of rotatable bonds is 4. The Morgan fingerprint density at radius 2 is 1.84 bits per heavy atom. The molecule has 0 radical (unpaired) electrons. The summed E-state index contributed by atoms with van der Waals surface area (Å²) in [7, 11) is 0. The highest BCUT2D eigenvalue weighted by Crippen LogP contribution is 2.16. The van der Waals surface area contributed by atoms with Gasteiger partial charge in [0.2, 0.25) is 11.9 Å². The summed E-state index contributed by atoms with van der Waals surface area (Å²) in [5.41, 5.74) is 1.98. The molecule has 1 aromatic heterocycles. The van der Waals surface area contributed by atoms with Crippen molar-refractivity contribution in [2.75, 3.05) is 11.9 Å². The molecular weight excluding hydrogens is 390 g/mol. The lowest BCUT2D eigenvalue weighted by atomic mass is 9.96. The normalized spacial score (nSPS) is 10.8. The average Bonchev–Trinajstić information content (AvgIpc) is 2.73. The summed E-state index contributed by atoms with van der Waals surface area (Å²) in [6, 6.07) is 14.6. The fraction of sp³-hybridized carbons (Fsp3) is 0.250. The lowest BCUT2D eigenvalue weighted by Gasteiger charge is -2.17. The van der Waals surface area contributed by atoms with Crippen LogP contribution in [0.5, 0.6) is 0 Å². The van der Waals surface area contributed by atoms with Crippen LogP contribution in [0.4, 0.5) is 5.95 Å². The molecule has 31 heavy (non-hydrogen) atoms. The monoisotopic (exact) mass is 413 g/mol. The minimum absolute atomic E-state index is 0.140. The van der Waals surface area contributed by atoms with E-state index >= 15 is 0 Å². The molecule has 3 aromatic rings. The number of hydrogen-bond acceptors (Lipinski definition) is 5. The van der Waals surface area contributed by atoms with Crippen LogP contribution in [0, 0.1) is 28.6 Å². The number of aromatic nitrogens is 2. The molecule has 1 amide bonds. The Balaban J connectivity index is 1.63. The van der Waals surface area contributed by atoms with Crippen LogP contribution in [0.2, 0.25) is 0 Å². The molecule has 0 aliphatic rings. The summed E-state index contributed by atoms with van der Waals surface area (Å²) in [4.78, 5) is 31.5. The largest absolute Gasteiger partial charge is 0.302 e. The van der Waals surface area contributed by atoms with Gasteiger partial charge in [-0.1, -0.05) is 38.7 Å². The van der Waals surface area contributed by atoms with Gasteiger partial charge < -0.3 is 5.32 Å². The van der Waals surface area contributed by atoms with Gasteiger partial charge in [-0.25, -0.2) is 4.98 Å². The average molecular weight is 413 g/mol. The number of nitriles is 1. The van der Waals surface area contributed by atoms with E-state index in [4.69, 9.17) is 5.26 Å². The summed E-state index contributed by atoms with van der Waals surface area (Å²) in [6.07, 6.45) is 0. The first-order valence-electron chi connectivity index (χ1n) is 9.80. The fourth-order valence-electron chi connectivity index (χ4n) is 2.69. The highest BCUT2D eigenvalue weighted by atomic mass is 16.2. The van der Waals surface area contributed by atoms with Crippen molar-refractivity contribution < 1.29 is 4.79 Å². The van der Waals surface area contributed by atoms with E-state index in [2.05, 4.69) is 38.5 Å². The summed E-state index contributed by atoms with van der Waals surface area (Å²) < 4.78 is 0. The predicted molar refractivity (Wildman–Crippen MR) is 120 cm³/mol. The highest BCUT2D eigenvalue weighted by molar-refractivity contribution is 5.93. The van der Waals surface area contributed by atoms with Crippen LogP contribution in [-0.4, -0.2) is 22.4 Å². The zero-order valence-electron chi connectivity index (χ0n) is 17.7. The number of aromatic amines is 1. The van der Waals surface area contributed by atoms with E-state index in [1.807, 2.05) is 18.2 Å². The molecule has 0 bridgehead atoms. The number of anilines is 1. The van der Waals surface area contributed by atoms with Crippen molar-refractivity contribution in [1.82, 2.24) is 15.3 Å². The molecule has 0 aliphatic heterocycles. The third kappa shape index (κ3) is 5.79. The van der Waals surface area contributed by atoms with Crippen molar-refractivity contribution >= 4 is 22.8 Å². The minimum atomic E-state index is -0.591. The van der Waals surface area contributed by atoms with Gasteiger partial charge in [-0.15, -0.1) is 0 Å². The van der Waals surface area contributed by atoms with E-state index in [0.29, 0.717) is 29.6 Å². The van der Waals surface area contributed by atoms with Gasteiger partial charge >= 0.3 is 0 Å². The number of fused-ring (bicyclic) bond motifs is 1. The molecule has 3 rings (SSSR count). The number of hydrogen-bond donors (Lipinski definition) is 3. The van der Waals surface area contributed by atoms with Gasteiger partial charge in [0.1, 0.15) is 0 Å². The van der Waals surface area contributed by atoms with E-state index in [9.17, 15) is 9.59 Å². The molecule has 3 N–H and O–H groups in total. The molecule has 2 aromatic carbocycles. The van der Waals surface area contributed by atoms with Gasteiger partial charge in [0.15, 0.2) is 0 Å². The Bertz CT molecular complexity index is 1270. The number of amides is 1. The molecule has 0 atom stereocenters. The Hall–Kier alpha value is -3.94. The number of carbonyl (C=O) groups is 1. The first kappa shape index (κ1) is 21.8. The summed E-state index contributed by atoms with van der Waals surface area (Å²) in [5, 5.41) is 15.1. The smallest absolute Gasteiger partial charge is 0.260 e. The maximum absolute atomic E-state index is 12.5. The molecule has 0 saturated carbocycles. The van der Waals surface area contributed by atoms with E-state index < -0.39 is 5.41 Å². The summed E-state index contributed by atoms with van der Waals surface area (Å²) >= 11 is 0. The Morgan fingerprint density at radius 1 is 1.13 bits per heavy atom. The third-order valence-electron chi connectivity index (χ3n) is 4.47. The van der Waals surface area contributed by atoms with E-state index in [-0.39, 0.29) is 17.4 Å². The zero-order chi connectivity index (χ0) is 22.4. The van der Waals surface area contributed by atoms with Crippen LogP contribution in [-0.2, 0) is 11.3 Å². The maximum Gasteiger partial charge on any atom is 0.260 e. The molecule has 0 unspecified atom stereocenters. The van der Waals surface area contributed by atoms with Gasteiger partial charge in [0, 0.05) is 17.5 Å². The summed E-state index contributed by atoms with van der Waals surface area (Å²) in [5.74, 6) is 5.98. The summed E-state index contributed by atoms with van der Waals surface area (Å²) in [6.45, 7) is 6.38. The van der Waals surface area contributed by atoms with Crippen molar-refractivity contribution in [2.45, 2.75) is 27.3 Å². The van der Waals surface area contributed by atoms with E-state index in [0.717, 1.165) is 11.1 Å². The standard InChI is InChI=1S/C24H23N5O2/c1-24(2,3)22(31)29-23-27-20-11-10-18(13-19(20)21(30)28-23)15-26-12-4-5-16-6-8-17(14-25)9-7-16/h6-11,13,26H,12,15H2,1-3H3,(H2,27,28,29,30,31). The van der Waals surface area contributed by atoms with E-state index in [1.54, 1.807) is 45.0 Å². The second-order valence-corrected chi connectivity index (χ2v) is 8.06. The number of nitrogens with one attached hydrogen (secondary N) is 3. The Kier molecular flexibility index (Phi) is 6.49. The molecular formula is C24H23N5O2. The SMILES string of the molecule is CC(C)(C)C(=O)Nc1nc2ccc(CNCC#Cc3ccc(C#N)cc3)cc2c(=O)[nH]1. The Labute approximate surface area is 180 Å². The quantitative estimate of drug-likeness (QED) is 0.450. The lowest BCUT2D eigenvalue weighted by molar-refractivity contribution is -0.123. The van der Waals surface area contributed by atoms with Crippen LogP contribution in [0.1, 0.15) is 37.5 Å². The van der Waals surface area contributed by atoms with Crippen molar-refractivity contribution in [3.8, 4) is 17.9 Å². The van der Waals surface area contributed by atoms with Crippen molar-refractivity contribution in [1.29, 1.82) is 5.26 Å². The molecule has 0 saturated heterocycles. The first-order chi connectivity index (χ1) is 14.8. The van der Waals surface area contributed by atoms with Crippen LogP contribution in [0.3, 0.4) is 0 Å². The molecule has 0 aliphatic carbocycles. The number of carbonyl (C=O) groups excluding carboxylic acids is 1. The number of nitrogens with zero attached hydrogens (tertiary/aromatic N) is 2. The fourth-order valence-corrected chi connectivity index (χ4v) is 2.69. The van der Waals surface area contributed by atoms with Gasteiger partial charge in [0.25, 0.3) is 5.56 Å².